The van der Waals surface area contributed by atoms with E-state index in [2.05, 4.69) is 4.74 Å². The van der Waals surface area contributed by atoms with Gasteiger partial charge in [0.15, 0.2) is 11.6 Å². The number of carbonyl (C=O) groups is 2. The van der Waals surface area contributed by atoms with Gasteiger partial charge in [0.05, 0.1) is 53.3 Å². The highest BCUT2D eigenvalue weighted by atomic mass is 19.4. The van der Waals surface area contributed by atoms with Crippen molar-refractivity contribution in [1.29, 1.82) is 0 Å². The minimum Gasteiger partial charge on any atom is -0.493 e. The first-order valence-corrected chi connectivity index (χ1v) is 14.7. The van der Waals surface area contributed by atoms with Crippen molar-refractivity contribution in [3.8, 4) is 11.5 Å². The van der Waals surface area contributed by atoms with Crippen LogP contribution in [0.2, 0.25) is 0 Å². The van der Waals surface area contributed by atoms with E-state index >= 15 is 0 Å². The number of nitro groups is 2. The molecule has 0 fully saturated rings. The van der Waals surface area contributed by atoms with Crippen molar-refractivity contribution in [2.24, 2.45) is 0 Å². The van der Waals surface area contributed by atoms with Crippen LogP contribution < -0.4 is 9.47 Å². The number of unbranched alkanes of at least 4 members (excludes halogenated alkanes) is 3. The van der Waals surface area contributed by atoms with Gasteiger partial charge in [-0.15, -0.1) is 0 Å². The summed E-state index contributed by atoms with van der Waals surface area (Å²) in [5, 5.41) is 21.9. The van der Waals surface area contributed by atoms with E-state index in [4.69, 9.17) is 14.2 Å². The van der Waals surface area contributed by atoms with Crippen molar-refractivity contribution in [2.75, 3.05) is 19.8 Å². The van der Waals surface area contributed by atoms with Crippen LogP contribution in [0.1, 0.15) is 53.6 Å². The third kappa shape index (κ3) is 12.7. The van der Waals surface area contributed by atoms with Gasteiger partial charge in [0, 0.05) is 24.3 Å². The number of carbonyl (C=O) groups excluding carboxylic acids is 2. The molecule has 0 saturated carbocycles. The first-order chi connectivity index (χ1) is 23.5. The Hall–Kier alpha value is -5.68. The van der Waals surface area contributed by atoms with Crippen molar-refractivity contribution in [1.82, 2.24) is 0 Å². The topological polar surface area (TPSA) is 157 Å². The Morgan fingerprint density at radius 3 is 1.92 bits per heavy atom. The van der Waals surface area contributed by atoms with Crippen molar-refractivity contribution < 1.29 is 64.7 Å². The molecule has 0 heterocycles. The number of hydrogen-bond acceptors (Lipinski definition) is 10. The van der Waals surface area contributed by atoms with Gasteiger partial charge in [-0.1, -0.05) is 12.1 Å². The molecule has 0 unspecified atom stereocenters. The predicted octanol–water partition coefficient (Wildman–Crippen LogP) is 8.08. The van der Waals surface area contributed by atoms with E-state index in [1.807, 2.05) is 0 Å². The summed E-state index contributed by atoms with van der Waals surface area (Å²) in [4.78, 5) is 44.3. The summed E-state index contributed by atoms with van der Waals surface area (Å²) in [6.45, 7) is -0.776. The van der Waals surface area contributed by atoms with Crippen LogP contribution in [0.5, 0.6) is 11.5 Å². The van der Waals surface area contributed by atoms with Gasteiger partial charge in [0.25, 0.3) is 11.4 Å². The number of esters is 2. The molecular weight excluding hydrogens is 686 g/mol. The average molecular weight is 715 g/mol. The van der Waals surface area contributed by atoms with Crippen LogP contribution in [0.15, 0.2) is 66.7 Å². The highest BCUT2D eigenvalue weighted by molar-refractivity contribution is 5.91. The third-order valence-corrected chi connectivity index (χ3v) is 6.53. The third-order valence-electron chi connectivity index (χ3n) is 6.53. The molecule has 12 nitrogen and oxygen atoms in total. The van der Waals surface area contributed by atoms with Crippen LogP contribution in [0.25, 0.3) is 6.08 Å². The van der Waals surface area contributed by atoms with Crippen molar-refractivity contribution in [3.63, 3.8) is 0 Å². The molecule has 0 saturated heterocycles. The monoisotopic (exact) mass is 714 g/mol. The van der Waals surface area contributed by atoms with Gasteiger partial charge in [-0.2, -0.15) is 22.0 Å². The summed E-state index contributed by atoms with van der Waals surface area (Å²) in [7, 11) is 0. The van der Waals surface area contributed by atoms with Gasteiger partial charge in [-0.3, -0.25) is 20.2 Å². The standard InChI is InChI=1S/C32H28F6N2O10/c33-27-20-26(47-16-13-31(34,35)36)10-11-28(27)50-32(37,38)23-8-5-21(6-9-23)7-12-29(41)48-14-3-1-2-4-15-49-30(42)22-17-24(39(43)44)19-25(18-22)40(45)46/h5-12,17-20H,1-4,13-16H2. The smallest absolute Gasteiger partial charge is 0.426 e. The summed E-state index contributed by atoms with van der Waals surface area (Å²) in [5.74, 6) is -4.09. The van der Waals surface area contributed by atoms with E-state index in [1.165, 1.54) is 18.2 Å². The van der Waals surface area contributed by atoms with E-state index in [-0.39, 0.29) is 24.5 Å². The molecule has 3 aromatic rings. The lowest BCUT2D eigenvalue weighted by atomic mass is 10.1. The average Bonchev–Trinajstić information content (AvgIpc) is 3.05. The second-order valence-electron chi connectivity index (χ2n) is 10.3. The maximum Gasteiger partial charge on any atom is 0.426 e. The van der Waals surface area contributed by atoms with E-state index in [0.717, 1.165) is 48.5 Å². The zero-order valence-electron chi connectivity index (χ0n) is 25.8. The van der Waals surface area contributed by atoms with Crippen molar-refractivity contribution in [3.05, 3.63) is 109 Å². The lowest BCUT2D eigenvalue weighted by Gasteiger charge is -2.19. The normalized spacial score (nSPS) is 11.6. The van der Waals surface area contributed by atoms with Gasteiger partial charge in [-0.25, -0.2) is 14.0 Å². The van der Waals surface area contributed by atoms with Crippen LogP contribution in [0.3, 0.4) is 0 Å². The van der Waals surface area contributed by atoms with E-state index in [9.17, 15) is 56.2 Å². The molecule has 50 heavy (non-hydrogen) atoms. The fraction of sp³-hybridized carbons (Fsp3) is 0.312. The maximum absolute atomic E-state index is 14.7. The molecule has 18 heteroatoms. The summed E-state index contributed by atoms with van der Waals surface area (Å²) in [5.41, 5.74) is -1.87. The molecule has 0 N–H and O–H groups in total. The summed E-state index contributed by atoms with van der Waals surface area (Å²) >= 11 is 0. The maximum atomic E-state index is 14.7. The Bertz CT molecular complexity index is 1670. The molecule has 0 amide bonds. The van der Waals surface area contributed by atoms with Crippen LogP contribution in [0, 0.1) is 26.0 Å². The molecule has 0 radical (unpaired) electrons. The summed E-state index contributed by atoms with van der Waals surface area (Å²) in [6.07, 6.45) is -5.35. The first kappa shape index (κ1) is 38.8. The number of halogens is 6. The molecule has 0 bridgehead atoms. The number of ether oxygens (including phenoxy) is 4. The van der Waals surface area contributed by atoms with E-state index < -0.39 is 75.6 Å². The zero-order valence-corrected chi connectivity index (χ0v) is 25.8. The quantitative estimate of drug-likeness (QED) is 0.0315. The highest BCUT2D eigenvalue weighted by Gasteiger charge is 2.35. The Labute approximate surface area is 279 Å². The lowest BCUT2D eigenvalue weighted by Crippen LogP contribution is -2.22. The molecule has 0 aliphatic rings. The largest absolute Gasteiger partial charge is 0.493 e. The molecule has 3 aromatic carbocycles. The van der Waals surface area contributed by atoms with Crippen LogP contribution in [-0.4, -0.2) is 47.8 Å². The molecule has 0 aromatic heterocycles. The molecule has 0 aliphatic carbocycles. The van der Waals surface area contributed by atoms with E-state index in [0.29, 0.717) is 37.3 Å². The Kier molecular flexibility index (Phi) is 13.7. The second kappa shape index (κ2) is 17.6. The molecular formula is C32H28F6N2O10. The molecule has 0 atom stereocenters. The van der Waals surface area contributed by atoms with Gasteiger partial charge in [-0.05, 0) is 61.6 Å². The minimum absolute atomic E-state index is 0.0505. The number of nitrogens with zero attached hydrogens (tertiary/aromatic N) is 2. The molecule has 0 aliphatic heterocycles. The molecule has 3 rings (SSSR count). The summed E-state index contributed by atoms with van der Waals surface area (Å²) in [6, 6.07) is 9.37. The second-order valence-corrected chi connectivity index (χ2v) is 10.3. The SMILES string of the molecule is O=C(C=Cc1ccc(C(F)(F)Oc2ccc(OCCC(F)(F)F)cc2F)cc1)OCCCCCCOC(=O)c1cc([N+](=O)[O-])cc([N+](=O)[O-])c1. The lowest BCUT2D eigenvalue weighted by molar-refractivity contribution is -0.394. The van der Waals surface area contributed by atoms with Gasteiger partial charge < -0.3 is 18.9 Å². The fourth-order valence-corrected chi connectivity index (χ4v) is 4.04. The van der Waals surface area contributed by atoms with Crippen molar-refractivity contribution >= 4 is 29.4 Å². The first-order valence-electron chi connectivity index (χ1n) is 14.7. The van der Waals surface area contributed by atoms with Crippen LogP contribution in [-0.2, 0) is 20.4 Å². The Morgan fingerprint density at radius 1 is 0.760 bits per heavy atom. The number of hydrogen-bond donors (Lipinski definition) is 0. The zero-order chi connectivity index (χ0) is 36.9. The van der Waals surface area contributed by atoms with Crippen LogP contribution in [0.4, 0.5) is 37.7 Å². The van der Waals surface area contributed by atoms with Gasteiger partial charge >= 0.3 is 24.2 Å². The minimum atomic E-state index is -4.48. The van der Waals surface area contributed by atoms with Gasteiger partial charge in [0.1, 0.15) is 5.75 Å². The summed E-state index contributed by atoms with van der Waals surface area (Å²) < 4.78 is 99.6. The fourth-order valence-electron chi connectivity index (χ4n) is 4.04. The molecule has 268 valence electrons. The number of alkyl halides is 5. The number of rotatable bonds is 18. The number of nitro benzene ring substituents is 2. The highest BCUT2D eigenvalue weighted by Crippen LogP contribution is 2.34. The Balaban J connectivity index is 1.36. The Morgan fingerprint density at radius 2 is 1.36 bits per heavy atom. The van der Waals surface area contributed by atoms with Crippen molar-refractivity contribution in [2.45, 2.75) is 44.4 Å². The number of non-ortho nitro benzene ring substituents is 2. The van der Waals surface area contributed by atoms with E-state index in [1.54, 1.807) is 0 Å². The van der Waals surface area contributed by atoms with Gasteiger partial charge in [0.2, 0.25) is 0 Å². The predicted molar refractivity (Wildman–Crippen MR) is 162 cm³/mol. The molecule has 0 spiro atoms. The number of benzene rings is 3. The van der Waals surface area contributed by atoms with Crippen LogP contribution >= 0.6 is 0 Å².